The number of hydrogen-bond donors (Lipinski definition) is 2. The normalized spacial score (nSPS) is 9.00. The summed E-state index contributed by atoms with van der Waals surface area (Å²) >= 11 is 0. The highest BCUT2D eigenvalue weighted by molar-refractivity contribution is 5.68. The number of carbonyl (C=O) groups excluding carboxylic acids is 1. The van der Waals surface area contributed by atoms with E-state index < -0.39 is 0 Å². The largest absolute Gasteiger partial charge is 0.277 e. The first kappa shape index (κ1) is 5.63. The van der Waals surface area contributed by atoms with Crippen molar-refractivity contribution < 1.29 is 4.79 Å². The molecule has 0 aromatic carbocycles. The summed E-state index contributed by atoms with van der Waals surface area (Å²) in [5.74, 6) is 5.15. The van der Waals surface area contributed by atoms with Gasteiger partial charge in [0.2, 0.25) is 6.41 Å². The van der Waals surface area contributed by atoms with Crippen LogP contribution in [-0.2, 0) is 4.79 Å². The molecule has 7 heteroatoms. The van der Waals surface area contributed by atoms with E-state index in [0.717, 1.165) is 5.01 Å². The minimum Gasteiger partial charge on any atom is -0.277 e. The second kappa shape index (κ2) is 2.18. The van der Waals surface area contributed by atoms with Gasteiger partial charge in [0.1, 0.15) is 0 Å². The molecule has 1 aromatic rings. The Morgan fingerprint density at radius 1 is 1.78 bits per heavy atom. The molecule has 0 aliphatic carbocycles. The molecular weight excluding hydrogens is 124 g/mol. The van der Waals surface area contributed by atoms with Gasteiger partial charge < -0.3 is 0 Å². The second-order valence-corrected chi connectivity index (χ2v) is 1.24. The number of hydrogen-bond acceptors (Lipinski definition) is 5. The van der Waals surface area contributed by atoms with Crippen molar-refractivity contribution in [3.63, 3.8) is 0 Å². The Labute approximate surface area is 49.8 Å². The molecule has 48 valence electrons. The number of anilines is 1. The zero-order chi connectivity index (χ0) is 6.69. The van der Waals surface area contributed by atoms with Gasteiger partial charge in [-0.05, 0) is 10.4 Å². The predicted molar refractivity (Wildman–Crippen MR) is 26.9 cm³/mol. The van der Waals surface area contributed by atoms with E-state index in [1.165, 1.54) is 0 Å². The molecule has 0 aliphatic rings. The molecular formula is C2H4N6O. The van der Waals surface area contributed by atoms with Crippen molar-refractivity contribution in [2.45, 2.75) is 0 Å². The zero-order valence-corrected chi connectivity index (χ0v) is 4.35. The Morgan fingerprint density at radius 2 is 2.56 bits per heavy atom. The second-order valence-electron chi connectivity index (χ2n) is 1.24. The molecule has 0 aliphatic heterocycles. The van der Waals surface area contributed by atoms with Gasteiger partial charge in [0.05, 0.1) is 0 Å². The number of carbonyl (C=O) groups is 1. The molecule has 0 saturated heterocycles. The van der Waals surface area contributed by atoms with Crippen LogP contribution in [0.15, 0.2) is 0 Å². The van der Waals surface area contributed by atoms with E-state index in [-0.39, 0.29) is 5.95 Å². The molecule has 1 heterocycles. The number of aromatic amines is 1. The van der Waals surface area contributed by atoms with E-state index in [1.54, 1.807) is 0 Å². The van der Waals surface area contributed by atoms with Gasteiger partial charge in [-0.15, -0.1) is 0 Å². The van der Waals surface area contributed by atoms with Crippen molar-refractivity contribution in [2.75, 3.05) is 5.01 Å². The van der Waals surface area contributed by atoms with Gasteiger partial charge in [-0.3, -0.25) is 4.79 Å². The number of nitrogens with two attached hydrogens (primary N) is 1. The van der Waals surface area contributed by atoms with Crippen molar-refractivity contribution in [1.82, 2.24) is 20.6 Å². The van der Waals surface area contributed by atoms with Crippen LogP contribution in [0, 0.1) is 0 Å². The van der Waals surface area contributed by atoms with E-state index in [1.807, 2.05) is 0 Å². The fraction of sp³-hybridized carbons (Fsp3) is 0. The topological polar surface area (TPSA) is 101 Å². The van der Waals surface area contributed by atoms with Crippen LogP contribution in [0.25, 0.3) is 0 Å². The summed E-state index contributed by atoms with van der Waals surface area (Å²) in [7, 11) is 0. The van der Waals surface area contributed by atoms with Crippen molar-refractivity contribution >= 4 is 12.4 Å². The van der Waals surface area contributed by atoms with Crippen LogP contribution in [0.1, 0.15) is 0 Å². The molecule has 0 unspecified atom stereocenters. The Morgan fingerprint density at radius 3 is 3.00 bits per heavy atom. The monoisotopic (exact) mass is 128 g/mol. The summed E-state index contributed by atoms with van der Waals surface area (Å²) in [6, 6.07) is 0. The zero-order valence-electron chi connectivity index (χ0n) is 4.35. The van der Waals surface area contributed by atoms with Crippen LogP contribution < -0.4 is 10.9 Å². The number of nitrogens with one attached hydrogen (secondary N) is 1. The van der Waals surface area contributed by atoms with Gasteiger partial charge >= 0.3 is 0 Å². The van der Waals surface area contributed by atoms with Gasteiger partial charge in [-0.25, -0.2) is 16.0 Å². The Bertz CT molecular complexity index is 181. The molecule has 0 atom stereocenters. The highest BCUT2D eigenvalue weighted by Crippen LogP contribution is 1.90. The molecule has 0 saturated carbocycles. The maximum absolute atomic E-state index is 9.89. The maximum Gasteiger partial charge on any atom is 0.264 e. The average Bonchev–Trinajstić information content (AvgIpc) is 2.37. The van der Waals surface area contributed by atoms with Crippen molar-refractivity contribution in [3.8, 4) is 0 Å². The van der Waals surface area contributed by atoms with Crippen LogP contribution in [-0.4, -0.2) is 27.0 Å². The smallest absolute Gasteiger partial charge is 0.264 e. The lowest BCUT2D eigenvalue weighted by Crippen LogP contribution is -2.29. The van der Waals surface area contributed by atoms with Crippen LogP contribution in [0.5, 0.6) is 0 Å². The highest BCUT2D eigenvalue weighted by atomic mass is 16.1. The van der Waals surface area contributed by atoms with Gasteiger partial charge in [0, 0.05) is 0 Å². The van der Waals surface area contributed by atoms with Crippen LogP contribution >= 0.6 is 0 Å². The maximum atomic E-state index is 9.89. The Hall–Kier alpha value is -1.50. The number of H-pyrrole nitrogens is 1. The summed E-state index contributed by atoms with van der Waals surface area (Å²) in [4.78, 5) is 9.89. The third-order valence-corrected chi connectivity index (χ3v) is 0.692. The molecule has 9 heavy (non-hydrogen) atoms. The molecule has 1 aromatic heterocycles. The van der Waals surface area contributed by atoms with E-state index in [4.69, 9.17) is 5.84 Å². The average molecular weight is 128 g/mol. The SMILES string of the molecule is NN(C=O)c1nnn[nH]1. The molecule has 0 spiro atoms. The number of rotatable bonds is 2. The Kier molecular flexibility index (Phi) is 1.36. The third kappa shape index (κ3) is 0.995. The minimum atomic E-state index is 0.116. The van der Waals surface area contributed by atoms with E-state index in [0.29, 0.717) is 6.41 Å². The minimum absolute atomic E-state index is 0.116. The quantitative estimate of drug-likeness (QED) is 0.208. The number of hydrazine groups is 1. The van der Waals surface area contributed by atoms with Crippen molar-refractivity contribution in [2.24, 2.45) is 5.84 Å². The van der Waals surface area contributed by atoms with E-state index in [9.17, 15) is 4.79 Å². The molecule has 0 radical (unpaired) electrons. The Balaban J connectivity index is 2.76. The summed E-state index contributed by atoms with van der Waals surface area (Å²) in [5, 5.41) is 12.7. The standard InChI is InChI=1S/C2H4N6O/c3-8(1-9)2-4-6-7-5-2/h1H,3H2,(H,4,5,6,7). The first-order valence-electron chi connectivity index (χ1n) is 2.07. The van der Waals surface area contributed by atoms with Crippen molar-refractivity contribution in [3.05, 3.63) is 0 Å². The first-order valence-corrected chi connectivity index (χ1v) is 2.07. The fourth-order valence-electron chi connectivity index (χ4n) is 0.313. The lowest BCUT2D eigenvalue weighted by Gasteiger charge is -2.00. The van der Waals surface area contributed by atoms with Crippen LogP contribution in [0.3, 0.4) is 0 Å². The first-order chi connectivity index (χ1) is 4.34. The van der Waals surface area contributed by atoms with Gasteiger partial charge in [-0.2, -0.15) is 0 Å². The molecule has 0 bridgehead atoms. The molecule has 1 amide bonds. The van der Waals surface area contributed by atoms with E-state index >= 15 is 0 Å². The number of tetrazole rings is 1. The number of aromatic nitrogens is 4. The lowest BCUT2D eigenvalue weighted by molar-refractivity contribution is -0.107. The van der Waals surface area contributed by atoms with Gasteiger partial charge in [0.15, 0.2) is 0 Å². The summed E-state index contributed by atoms with van der Waals surface area (Å²) in [6.07, 6.45) is 0.391. The number of amides is 1. The molecule has 7 nitrogen and oxygen atoms in total. The summed E-state index contributed by atoms with van der Waals surface area (Å²) in [5.41, 5.74) is 0. The fourth-order valence-corrected chi connectivity index (χ4v) is 0.313. The molecule has 3 N–H and O–H groups in total. The number of nitrogens with zero attached hydrogens (tertiary/aromatic N) is 4. The summed E-state index contributed by atoms with van der Waals surface area (Å²) < 4.78 is 0. The highest BCUT2D eigenvalue weighted by Gasteiger charge is 2.00. The third-order valence-electron chi connectivity index (χ3n) is 0.692. The van der Waals surface area contributed by atoms with E-state index in [2.05, 4.69) is 20.6 Å². The van der Waals surface area contributed by atoms with Crippen LogP contribution in [0.4, 0.5) is 5.95 Å². The lowest BCUT2D eigenvalue weighted by atomic mass is 11.0. The van der Waals surface area contributed by atoms with Gasteiger partial charge in [-0.1, -0.05) is 5.10 Å². The van der Waals surface area contributed by atoms with Crippen LogP contribution in [0.2, 0.25) is 0 Å². The predicted octanol–water partition coefficient (Wildman–Crippen LogP) is -1.96. The van der Waals surface area contributed by atoms with Gasteiger partial charge in [0.25, 0.3) is 5.95 Å². The van der Waals surface area contributed by atoms with Crippen molar-refractivity contribution in [1.29, 1.82) is 0 Å². The summed E-state index contributed by atoms with van der Waals surface area (Å²) in [6.45, 7) is 0. The molecule has 1 rings (SSSR count). The molecule has 0 fully saturated rings.